The number of para-hydroxylation sites is 1. The third-order valence-corrected chi connectivity index (χ3v) is 5.75. The molecule has 6 nitrogen and oxygen atoms in total. The molecular formula is C21H24N4O2S. The van der Waals surface area contributed by atoms with Crippen LogP contribution in [0.4, 0.5) is 0 Å². The summed E-state index contributed by atoms with van der Waals surface area (Å²) in [6, 6.07) is 11.9. The van der Waals surface area contributed by atoms with Crippen molar-refractivity contribution < 1.29 is 9.53 Å². The minimum atomic E-state index is 0.154. The van der Waals surface area contributed by atoms with Crippen molar-refractivity contribution in [3.8, 4) is 5.75 Å². The van der Waals surface area contributed by atoms with Gasteiger partial charge >= 0.3 is 0 Å². The third-order valence-electron chi connectivity index (χ3n) is 5.06. The molecule has 1 unspecified atom stereocenters. The number of aryl methyl sites for hydroxylation is 1. The number of likely N-dealkylation sites (tertiary alicyclic amines) is 1. The lowest BCUT2D eigenvalue weighted by Gasteiger charge is -2.35. The molecule has 0 bridgehead atoms. The quantitative estimate of drug-likeness (QED) is 0.606. The largest absolute Gasteiger partial charge is 0.487 e. The molecule has 28 heavy (non-hydrogen) atoms. The van der Waals surface area contributed by atoms with Gasteiger partial charge in [-0.25, -0.2) is 0 Å². The molecule has 4 rings (SSSR count). The third kappa shape index (κ3) is 4.59. The number of hydrogen-bond acceptors (Lipinski definition) is 5. The van der Waals surface area contributed by atoms with Crippen LogP contribution in [0.1, 0.15) is 41.7 Å². The summed E-state index contributed by atoms with van der Waals surface area (Å²) in [7, 11) is 0. The number of aromatic nitrogens is 3. The Hall–Kier alpha value is -2.67. The number of carbonyl (C=O) groups excluding carboxylic acids is 1. The monoisotopic (exact) mass is 396 g/mol. The topological polar surface area (TPSA) is 60.2 Å². The Balaban J connectivity index is 1.32. The lowest BCUT2D eigenvalue weighted by Crippen LogP contribution is -2.44. The van der Waals surface area contributed by atoms with Gasteiger partial charge in [-0.05, 0) is 49.3 Å². The van der Waals surface area contributed by atoms with Crippen molar-refractivity contribution in [3.63, 3.8) is 0 Å². The van der Waals surface area contributed by atoms with E-state index in [0.29, 0.717) is 6.61 Å². The van der Waals surface area contributed by atoms with Gasteiger partial charge in [-0.3, -0.25) is 9.48 Å². The fourth-order valence-electron chi connectivity index (χ4n) is 3.59. The lowest BCUT2D eigenvalue weighted by molar-refractivity contribution is 0.0594. The second-order valence-electron chi connectivity index (χ2n) is 7.02. The van der Waals surface area contributed by atoms with Crippen LogP contribution in [-0.4, -0.2) is 38.4 Å². The molecule has 1 atom stereocenters. The van der Waals surface area contributed by atoms with Crippen LogP contribution >= 0.6 is 11.3 Å². The second-order valence-corrected chi connectivity index (χ2v) is 7.80. The highest BCUT2D eigenvalue weighted by Crippen LogP contribution is 2.23. The van der Waals surface area contributed by atoms with Crippen molar-refractivity contribution in [1.29, 1.82) is 0 Å². The van der Waals surface area contributed by atoms with Crippen molar-refractivity contribution in [3.05, 3.63) is 64.6 Å². The van der Waals surface area contributed by atoms with Crippen molar-refractivity contribution >= 4 is 17.2 Å². The number of amides is 1. The Labute approximate surface area is 168 Å². The zero-order valence-electron chi connectivity index (χ0n) is 15.7. The van der Waals surface area contributed by atoms with E-state index in [1.807, 2.05) is 62.9 Å². The highest BCUT2D eigenvalue weighted by molar-refractivity contribution is 7.08. The van der Waals surface area contributed by atoms with E-state index in [9.17, 15) is 4.79 Å². The van der Waals surface area contributed by atoms with Crippen LogP contribution in [0.25, 0.3) is 0 Å². The average molecular weight is 397 g/mol. The SMILES string of the molecule is O=C(c1ccsc1)N1CCCCC1CCn1cc(COc2ccccc2)nn1. The van der Waals surface area contributed by atoms with Gasteiger partial charge in [0, 0.05) is 24.5 Å². The molecular weight excluding hydrogens is 372 g/mol. The summed E-state index contributed by atoms with van der Waals surface area (Å²) >= 11 is 1.57. The van der Waals surface area contributed by atoms with Crippen LogP contribution < -0.4 is 4.74 Å². The van der Waals surface area contributed by atoms with E-state index in [4.69, 9.17) is 4.74 Å². The maximum Gasteiger partial charge on any atom is 0.254 e. The van der Waals surface area contributed by atoms with Gasteiger partial charge in [0.25, 0.3) is 5.91 Å². The van der Waals surface area contributed by atoms with Crippen LogP contribution in [0.5, 0.6) is 5.75 Å². The highest BCUT2D eigenvalue weighted by atomic mass is 32.1. The van der Waals surface area contributed by atoms with E-state index in [1.54, 1.807) is 11.3 Å². The Morgan fingerprint density at radius 2 is 2.11 bits per heavy atom. The van der Waals surface area contributed by atoms with Crippen molar-refractivity contribution in [2.45, 2.75) is 44.9 Å². The number of rotatable bonds is 7. The fourth-order valence-corrected chi connectivity index (χ4v) is 4.22. The van der Waals surface area contributed by atoms with Crippen molar-refractivity contribution in [2.24, 2.45) is 0 Å². The molecule has 2 aromatic heterocycles. The van der Waals surface area contributed by atoms with Crippen molar-refractivity contribution in [2.75, 3.05) is 6.54 Å². The maximum atomic E-state index is 12.8. The summed E-state index contributed by atoms with van der Waals surface area (Å²) in [4.78, 5) is 14.8. The molecule has 7 heteroatoms. The minimum Gasteiger partial charge on any atom is -0.487 e. The summed E-state index contributed by atoms with van der Waals surface area (Å²) in [6.45, 7) is 1.99. The van der Waals surface area contributed by atoms with Crippen LogP contribution in [0.15, 0.2) is 53.4 Å². The zero-order valence-corrected chi connectivity index (χ0v) is 16.6. The molecule has 1 saturated heterocycles. The van der Waals surface area contributed by atoms with Gasteiger partial charge in [0.2, 0.25) is 0 Å². The Morgan fingerprint density at radius 3 is 2.93 bits per heavy atom. The Kier molecular flexibility index (Phi) is 6.01. The number of ether oxygens (including phenoxy) is 1. The molecule has 0 saturated carbocycles. The van der Waals surface area contributed by atoms with Gasteiger partial charge < -0.3 is 9.64 Å². The molecule has 0 spiro atoms. The van der Waals surface area contributed by atoms with Crippen molar-refractivity contribution in [1.82, 2.24) is 19.9 Å². The zero-order chi connectivity index (χ0) is 19.2. The second kappa shape index (κ2) is 9.01. The number of thiophene rings is 1. The van der Waals surface area contributed by atoms with Gasteiger partial charge in [0.15, 0.2) is 0 Å². The number of nitrogens with zero attached hydrogens (tertiary/aromatic N) is 4. The van der Waals surface area contributed by atoms with E-state index < -0.39 is 0 Å². The van der Waals surface area contributed by atoms with E-state index in [-0.39, 0.29) is 11.9 Å². The summed E-state index contributed by atoms with van der Waals surface area (Å²) in [5.74, 6) is 0.975. The van der Waals surface area contributed by atoms with Gasteiger partial charge in [0.1, 0.15) is 18.1 Å². The first kappa shape index (κ1) is 18.7. The number of carbonyl (C=O) groups is 1. The van der Waals surface area contributed by atoms with Gasteiger partial charge in [-0.2, -0.15) is 11.3 Å². The van der Waals surface area contributed by atoms with Gasteiger partial charge in [0.05, 0.1) is 11.8 Å². The number of hydrogen-bond donors (Lipinski definition) is 0. The Bertz CT molecular complexity index is 879. The first-order valence-corrected chi connectivity index (χ1v) is 10.6. The molecule has 1 fully saturated rings. The molecule has 1 amide bonds. The molecule has 1 aliphatic heterocycles. The smallest absolute Gasteiger partial charge is 0.254 e. The summed E-state index contributed by atoms with van der Waals surface area (Å²) in [6.07, 6.45) is 6.12. The standard InChI is InChI=1S/C21H24N4O2S/c26-21(17-10-13-28-16-17)25-11-5-4-6-19(25)9-12-24-14-18(22-23-24)15-27-20-7-2-1-3-8-20/h1-3,7-8,10,13-14,16,19H,4-6,9,11-12,15H2. The van der Waals surface area contributed by atoms with E-state index >= 15 is 0 Å². The van der Waals surface area contributed by atoms with Crippen LogP contribution in [0.3, 0.4) is 0 Å². The molecule has 1 aromatic carbocycles. The molecule has 1 aliphatic rings. The van der Waals surface area contributed by atoms with Crippen LogP contribution in [0.2, 0.25) is 0 Å². The summed E-state index contributed by atoms with van der Waals surface area (Å²) < 4.78 is 7.57. The van der Waals surface area contributed by atoms with Gasteiger partial charge in [-0.1, -0.05) is 23.4 Å². The summed E-state index contributed by atoms with van der Waals surface area (Å²) in [5.41, 5.74) is 1.61. The Morgan fingerprint density at radius 1 is 1.21 bits per heavy atom. The summed E-state index contributed by atoms with van der Waals surface area (Å²) in [5, 5.41) is 12.3. The van der Waals surface area contributed by atoms with E-state index in [1.165, 1.54) is 6.42 Å². The predicted octanol–water partition coefficient (Wildman–Crippen LogP) is 4.00. The minimum absolute atomic E-state index is 0.154. The molecule has 0 radical (unpaired) electrons. The number of benzene rings is 1. The first-order valence-electron chi connectivity index (χ1n) is 9.69. The average Bonchev–Trinajstić information content (AvgIpc) is 3.43. The van der Waals surface area contributed by atoms with Crippen LogP contribution in [-0.2, 0) is 13.2 Å². The fraction of sp³-hybridized carbons (Fsp3) is 0.381. The lowest BCUT2D eigenvalue weighted by atomic mass is 9.98. The maximum absolute atomic E-state index is 12.8. The van der Waals surface area contributed by atoms with E-state index in [0.717, 1.165) is 49.4 Å². The van der Waals surface area contributed by atoms with E-state index in [2.05, 4.69) is 10.3 Å². The molecule has 146 valence electrons. The molecule has 3 aromatic rings. The van der Waals surface area contributed by atoms with Gasteiger partial charge in [-0.15, -0.1) is 5.10 Å². The number of piperidine rings is 1. The molecule has 3 heterocycles. The predicted molar refractivity (Wildman–Crippen MR) is 108 cm³/mol. The highest BCUT2D eigenvalue weighted by Gasteiger charge is 2.27. The van der Waals surface area contributed by atoms with Crippen LogP contribution in [0, 0.1) is 0 Å². The first-order chi connectivity index (χ1) is 13.8. The normalized spacial score (nSPS) is 16.9. The molecule has 0 N–H and O–H groups in total. The molecule has 0 aliphatic carbocycles.